The third kappa shape index (κ3) is 2.39. The zero-order valence-electron chi connectivity index (χ0n) is 13.3. The Morgan fingerprint density at radius 3 is 1.90 bits per heavy atom. The summed E-state index contributed by atoms with van der Waals surface area (Å²) >= 11 is 5.23. The van der Waals surface area contributed by atoms with Crippen LogP contribution in [-0.4, -0.2) is 16.4 Å². The number of carbonyl (C=O) groups is 1. The summed E-state index contributed by atoms with van der Waals surface area (Å²) in [5, 5.41) is 3.44. The molecular formula is C17H28N2OS. The molecule has 0 aromatic carbocycles. The van der Waals surface area contributed by atoms with Crippen LogP contribution >= 0.6 is 12.2 Å². The second-order valence-corrected chi connectivity index (χ2v) is 8.25. The maximum Gasteiger partial charge on any atom is 0.233 e. The summed E-state index contributed by atoms with van der Waals surface area (Å²) in [6.45, 7) is 4.03. The van der Waals surface area contributed by atoms with Crippen molar-refractivity contribution in [1.82, 2.24) is 5.32 Å². The molecule has 3 N–H and O–H groups in total. The number of rotatable bonds is 5. The van der Waals surface area contributed by atoms with Gasteiger partial charge in [-0.05, 0) is 69.1 Å². The molecule has 0 radical (unpaired) electrons. The van der Waals surface area contributed by atoms with E-state index in [1.807, 2.05) is 13.8 Å². The number of thiocarbonyl (C=S) groups is 1. The van der Waals surface area contributed by atoms with E-state index in [0.717, 1.165) is 17.8 Å². The van der Waals surface area contributed by atoms with E-state index in [2.05, 4.69) is 5.32 Å². The van der Waals surface area contributed by atoms with Crippen LogP contribution in [-0.2, 0) is 4.79 Å². The zero-order chi connectivity index (χ0) is 15.3. The standard InChI is InChI=1S/C17H28N2OS/c1-3-17(4-2,14(18)21)15(20)19-16-8-11-5-12(9-16)7-13(6-11)10-16/h11-13H,3-10H2,1-2H3,(H2,18,21)(H,19,20). The molecule has 4 bridgehead atoms. The summed E-state index contributed by atoms with van der Waals surface area (Å²) in [7, 11) is 0. The van der Waals surface area contributed by atoms with Crippen LogP contribution in [0.5, 0.6) is 0 Å². The highest BCUT2D eigenvalue weighted by atomic mass is 32.1. The van der Waals surface area contributed by atoms with Crippen LogP contribution in [0.2, 0.25) is 0 Å². The van der Waals surface area contributed by atoms with E-state index in [-0.39, 0.29) is 11.4 Å². The molecule has 4 aliphatic carbocycles. The fourth-order valence-corrected chi connectivity index (χ4v) is 6.04. The molecule has 4 aliphatic rings. The Kier molecular flexibility index (Phi) is 3.79. The van der Waals surface area contributed by atoms with Crippen LogP contribution < -0.4 is 11.1 Å². The first-order valence-electron chi connectivity index (χ1n) is 8.55. The van der Waals surface area contributed by atoms with Gasteiger partial charge in [-0.15, -0.1) is 0 Å². The average molecular weight is 308 g/mol. The lowest BCUT2D eigenvalue weighted by molar-refractivity contribution is -0.133. The molecule has 0 atom stereocenters. The normalized spacial score (nSPS) is 37.5. The van der Waals surface area contributed by atoms with E-state index >= 15 is 0 Å². The van der Waals surface area contributed by atoms with E-state index in [1.165, 1.54) is 38.5 Å². The first-order valence-corrected chi connectivity index (χ1v) is 8.96. The lowest BCUT2D eigenvalue weighted by atomic mass is 9.53. The molecule has 0 spiro atoms. The fraction of sp³-hybridized carbons (Fsp3) is 0.882. The van der Waals surface area contributed by atoms with Gasteiger partial charge in [-0.1, -0.05) is 26.1 Å². The highest BCUT2D eigenvalue weighted by Crippen LogP contribution is 2.55. The molecular weight excluding hydrogens is 280 g/mol. The average Bonchev–Trinajstić information content (AvgIpc) is 2.37. The predicted octanol–water partition coefficient (Wildman–Crippen LogP) is 3.16. The molecule has 21 heavy (non-hydrogen) atoms. The highest BCUT2D eigenvalue weighted by molar-refractivity contribution is 7.80. The lowest BCUT2D eigenvalue weighted by Crippen LogP contribution is -2.63. The Bertz CT molecular complexity index is 420. The molecule has 0 aromatic heterocycles. The van der Waals surface area contributed by atoms with Crippen LogP contribution in [0, 0.1) is 23.2 Å². The zero-order valence-corrected chi connectivity index (χ0v) is 14.1. The number of hydrogen-bond donors (Lipinski definition) is 2. The molecule has 0 aliphatic heterocycles. The van der Waals surface area contributed by atoms with Crippen LogP contribution in [0.3, 0.4) is 0 Å². The van der Waals surface area contributed by atoms with Crippen LogP contribution in [0.15, 0.2) is 0 Å². The van der Waals surface area contributed by atoms with Crippen LogP contribution in [0.4, 0.5) is 0 Å². The molecule has 118 valence electrons. The molecule has 0 saturated heterocycles. The Labute approximate surface area is 133 Å². The lowest BCUT2D eigenvalue weighted by Gasteiger charge is -2.57. The number of hydrogen-bond acceptors (Lipinski definition) is 2. The Morgan fingerprint density at radius 2 is 1.57 bits per heavy atom. The minimum Gasteiger partial charge on any atom is -0.392 e. The number of amides is 1. The number of nitrogens with two attached hydrogens (primary N) is 1. The van der Waals surface area contributed by atoms with Gasteiger partial charge in [0.1, 0.15) is 0 Å². The van der Waals surface area contributed by atoms with E-state index in [9.17, 15) is 4.79 Å². The van der Waals surface area contributed by atoms with Gasteiger partial charge in [-0.25, -0.2) is 0 Å². The van der Waals surface area contributed by atoms with Crippen LogP contribution in [0.1, 0.15) is 65.2 Å². The molecule has 4 heteroatoms. The van der Waals surface area contributed by atoms with Crippen molar-refractivity contribution >= 4 is 23.1 Å². The monoisotopic (exact) mass is 308 g/mol. The summed E-state index contributed by atoms with van der Waals surface area (Å²) in [5.74, 6) is 2.58. The van der Waals surface area contributed by atoms with Gasteiger partial charge in [0.25, 0.3) is 0 Å². The van der Waals surface area contributed by atoms with Gasteiger partial charge in [0, 0.05) is 5.54 Å². The molecule has 0 aromatic rings. The molecule has 0 unspecified atom stereocenters. The molecule has 0 heterocycles. The Balaban J connectivity index is 1.79. The van der Waals surface area contributed by atoms with Crippen molar-refractivity contribution in [2.45, 2.75) is 70.8 Å². The molecule has 3 nitrogen and oxygen atoms in total. The van der Waals surface area contributed by atoms with E-state index < -0.39 is 5.41 Å². The second-order valence-electron chi connectivity index (χ2n) is 7.81. The quantitative estimate of drug-likeness (QED) is 0.767. The van der Waals surface area contributed by atoms with Crippen molar-refractivity contribution in [3.05, 3.63) is 0 Å². The SMILES string of the molecule is CCC(CC)(C(=O)NC12CC3CC(CC(C3)C1)C2)C(N)=S. The van der Waals surface area contributed by atoms with Gasteiger partial charge in [0.2, 0.25) is 5.91 Å². The van der Waals surface area contributed by atoms with Crippen molar-refractivity contribution in [1.29, 1.82) is 0 Å². The smallest absolute Gasteiger partial charge is 0.233 e. The minimum absolute atomic E-state index is 0.0478. The number of nitrogens with one attached hydrogen (secondary N) is 1. The van der Waals surface area contributed by atoms with Gasteiger partial charge in [0.15, 0.2) is 0 Å². The van der Waals surface area contributed by atoms with Crippen molar-refractivity contribution < 1.29 is 4.79 Å². The fourth-order valence-electron chi connectivity index (χ4n) is 5.66. The second kappa shape index (κ2) is 5.22. The summed E-state index contributed by atoms with van der Waals surface area (Å²) < 4.78 is 0. The third-order valence-electron chi connectivity index (χ3n) is 6.53. The first-order chi connectivity index (χ1) is 9.93. The first kappa shape index (κ1) is 15.3. The molecule has 4 saturated carbocycles. The summed E-state index contributed by atoms with van der Waals surface area (Å²) in [4.78, 5) is 13.3. The topological polar surface area (TPSA) is 55.1 Å². The van der Waals surface area contributed by atoms with Gasteiger partial charge in [-0.2, -0.15) is 0 Å². The predicted molar refractivity (Wildman–Crippen MR) is 88.8 cm³/mol. The minimum atomic E-state index is -0.654. The molecule has 4 rings (SSSR count). The largest absolute Gasteiger partial charge is 0.392 e. The third-order valence-corrected chi connectivity index (χ3v) is 6.92. The van der Waals surface area contributed by atoms with Crippen molar-refractivity contribution in [2.75, 3.05) is 0 Å². The van der Waals surface area contributed by atoms with Gasteiger partial charge in [-0.3, -0.25) is 4.79 Å². The highest BCUT2D eigenvalue weighted by Gasteiger charge is 2.53. The van der Waals surface area contributed by atoms with Crippen molar-refractivity contribution in [3.8, 4) is 0 Å². The van der Waals surface area contributed by atoms with Gasteiger partial charge < -0.3 is 11.1 Å². The Morgan fingerprint density at radius 1 is 1.14 bits per heavy atom. The maximum atomic E-state index is 13.0. The van der Waals surface area contributed by atoms with Gasteiger partial charge >= 0.3 is 0 Å². The molecule has 1 amide bonds. The summed E-state index contributed by atoms with van der Waals surface area (Å²) in [6.07, 6.45) is 9.06. The number of carbonyl (C=O) groups excluding carboxylic acids is 1. The maximum absolute atomic E-state index is 13.0. The Hall–Kier alpha value is -0.640. The van der Waals surface area contributed by atoms with E-state index in [1.54, 1.807) is 0 Å². The van der Waals surface area contributed by atoms with Crippen molar-refractivity contribution in [3.63, 3.8) is 0 Å². The van der Waals surface area contributed by atoms with Gasteiger partial charge in [0.05, 0.1) is 10.4 Å². The molecule has 4 fully saturated rings. The van der Waals surface area contributed by atoms with E-state index in [4.69, 9.17) is 18.0 Å². The summed E-state index contributed by atoms with van der Waals surface area (Å²) in [5.41, 5.74) is 5.33. The van der Waals surface area contributed by atoms with Crippen LogP contribution in [0.25, 0.3) is 0 Å². The van der Waals surface area contributed by atoms with E-state index in [0.29, 0.717) is 17.8 Å². The van der Waals surface area contributed by atoms with Crippen molar-refractivity contribution in [2.24, 2.45) is 28.9 Å². The summed E-state index contributed by atoms with van der Waals surface area (Å²) in [6, 6.07) is 0.